The van der Waals surface area contributed by atoms with Gasteiger partial charge in [-0.25, -0.2) is 0 Å². The number of fused-ring (bicyclic) bond motifs is 1. The predicted octanol–water partition coefficient (Wildman–Crippen LogP) is 4.99. The van der Waals surface area contributed by atoms with E-state index < -0.39 is 18.9 Å². The lowest BCUT2D eigenvalue weighted by Crippen LogP contribution is -2.25. The van der Waals surface area contributed by atoms with Crippen molar-refractivity contribution in [1.82, 2.24) is 5.32 Å². The first-order valence-corrected chi connectivity index (χ1v) is 11.4. The van der Waals surface area contributed by atoms with Crippen molar-refractivity contribution in [1.29, 1.82) is 0 Å². The fourth-order valence-electron chi connectivity index (χ4n) is 2.77. The number of phenolic OH excluding ortho intramolecular Hbond substituents is 1. The lowest BCUT2D eigenvalue weighted by Gasteiger charge is -2.18. The highest BCUT2D eigenvalue weighted by Crippen LogP contribution is 2.54. The number of carbonyl (C=O) groups excluding carboxylic acids is 1. The third-order valence-electron chi connectivity index (χ3n) is 4.01. The van der Waals surface area contributed by atoms with Gasteiger partial charge in [-0.2, -0.15) is 0 Å². The maximum atomic E-state index is 12.7. The molecule has 5 nitrogen and oxygen atoms in total. The summed E-state index contributed by atoms with van der Waals surface area (Å²) in [7, 11) is -3.79. The number of hydrogen-bond donors (Lipinski definition) is 3. The lowest BCUT2D eigenvalue weighted by atomic mass is 10.1. The van der Waals surface area contributed by atoms with Crippen molar-refractivity contribution in [3.8, 4) is 5.75 Å². The number of benzene rings is 2. The lowest BCUT2D eigenvalue weighted by molar-refractivity contribution is -0.120. The number of phenols is 1. The van der Waals surface area contributed by atoms with E-state index in [1.165, 1.54) is 29.7 Å². The first-order valence-electron chi connectivity index (χ1n) is 7.99. The van der Waals surface area contributed by atoms with Crippen LogP contribution in [0.5, 0.6) is 5.75 Å². The van der Waals surface area contributed by atoms with Crippen LogP contribution in [-0.2, 0) is 9.36 Å². The van der Waals surface area contributed by atoms with Gasteiger partial charge in [0.15, 0.2) is 0 Å². The molecule has 0 bridgehead atoms. The Labute approximate surface area is 165 Å². The number of aromatic hydroxyl groups is 1. The highest BCUT2D eigenvalue weighted by Gasteiger charge is 2.36. The molecule has 0 saturated heterocycles. The van der Waals surface area contributed by atoms with E-state index in [0.29, 0.717) is 21.5 Å². The number of nitrogens with one attached hydrogen (secondary N) is 1. The second-order valence-electron chi connectivity index (χ2n) is 6.08. The van der Waals surface area contributed by atoms with Gasteiger partial charge < -0.3 is 15.3 Å². The monoisotopic (exact) mass is 421 g/mol. The molecule has 0 saturated carbocycles. The van der Waals surface area contributed by atoms with E-state index in [1.54, 1.807) is 35.7 Å². The molecular weight excluding hydrogens is 405 g/mol. The first kappa shape index (κ1) is 19.6. The van der Waals surface area contributed by atoms with Gasteiger partial charge in [-0.3, -0.25) is 9.36 Å². The molecule has 0 aliphatic carbocycles. The van der Waals surface area contributed by atoms with Crippen molar-refractivity contribution in [2.45, 2.75) is 5.66 Å². The van der Waals surface area contributed by atoms with E-state index in [4.69, 9.17) is 11.6 Å². The summed E-state index contributed by atoms with van der Waals surface area (Å²) >= 11 is 7.44. The maximum Gasteiger partial charge on any atom is 0.241 e. The number of amides is 1. The summed E-state index contributed by atoms with van der Waals surface area (Å²) in [5.41, 5.74) is -0.233. The van der Waals surface area contributed by atoms with Gasteiger partial charge >= 0.3 is 0 Å². The SMILES string of the molecule is CP(=O)(O)C(C(=O)N/C=C/c1ccccc1O)c1csc2ccc(Cl)cc12. The minimum Gasteiger partial charge on any atom is -0.507 e. The second-order valence-corrected chi connectivity index (χ2v) is 9.83. The quantitative estimate of drug-likeness (QED) is 0.506. The van der Waals surface area contributed by atoms with Gasteiger partial charge in [-0.15, -0.1) is 11.3 Å². The highest BCUT2D eigenvalue weighted by atomic mass is 35.5. The van der Waals surface area contributed by atoms with Crippen molar-refractivity contribution in [2.24, 2.45) is 0 Å². The van der Waals surface area contributed by atoms with Crippen molar-refractivity contribution in [2.75, 3.05) is 6.66 Å². The van der Waals surface area contributed by atoms with E-state index >= 15 is 0 Å². The minimum atomic E-state index is -3.79. The molecular formula is C19H17ClNO4PS. The van der Waals surface area contributed by atoms with Crippen molar-refractivity contribution < 1.29 is 19.4 Å². The molecule has 0 radical (unpaired) electrons. The van der Waals surface area contributed by atoms with Crippen molar-refractivity contribution in [3.05, 3.63) is 70.2 Å². The van der Waals surface area contributed by atoms with Gasteiger partial charge in [-0.05, 0) is 46.7 Å². The molecule has 1 aromatic heterocycles. The summed E-state index contributed by atoms with van der Waals surface area (Å²) in [4.78, 5) is 22.9. The Morgan fingerprint density at radius 3 is 2.74 bits per heavy atom. The largest absolute Gasteiger partial charge is 0.507 e. The predicted molar refractivity (Wildman–Crippen MR) is 111 cm³/mol. The molecule has 8 heteroatoms. The van der Waals surface area contributed by atoms with Crippen LogP contribution in [0.3, 0.4) is 0 Å². The number of hydrogen-bond acceptors (Lipinski definition) is 4. The zero-order chi connectivity index (χ0) is 19.6. The number of para-hydroxylation sites is 1. The van der Waals surface area contributed by atoms with E-state index in [2.05, 4.69) is 5.32 Å². The summed E-state index contributed by atoms with van der Waals surface area (Å²) in [6.45, 7) is 1.16. The molecule has 1 amide bonds. The van der Waals surface area contributed by atoms with Crippen LogP contribution in [-0.4, -0.2) is 22.6 Å². The molecule has 2 unspecified atom stereocenters. The van der Waals surface area contributed by atoms with Crippen LogP contribution in [0.15, 0.2) is 54.0 Å². The number of carbonyl (C=O) groups is 1. The van der Waals surface area contributed by atoms with E-state index in [9.17, 15) is 19.4 Å². The molecule has 3 N–H and O–H groups in total. The second kappa shape index (κ2) is 7.87. The standard InChI is InChI=1S/C19H17ClNO4PS/c1-26(24,25)18(15-11-27-17-7-6-13(20)10-14(15)17)19(23)21-9-8-12-4-2-3-5-16(12)22/h2-11,18,22H,1H3,(H,21,23)(H,24,25)/b9-8+. The third-order valence-corrected chi connectivity index (χ3v) is 6.70. The van der Waals surface area contributed by atoms with Gasteiger partial charge in [0.2, 0.25) is 13.3 Å². The minimum absolute atomic E-state index is 0.0707. The highest BCUT2D eigenvalue weighted by molar-refractivity contribution is 7.58. The summed E-state index contributed by atoms with van der Waals surface area (Å²) < 4.78 is 13.4. The molecule has 0 aliphatic heterocycles. The van der Waals surface area contributed by atoms with Crippen LogP contribution in [0, 0.1) is 0 Å². The van der Waals surface area contributed by atoms with Gasteiger partial charge in [0, 0.05) is 28.2 Å². The average molecular weight is 422 g/mol. The Balaban J connectivity index is 1.91. The fraction of sp³-hybridized carbons (Fsp3) is 0.105. The van der Waals surface area contributed by atoms with Gasteiger partial charge in [0.1, 0.15) is 11.4 Å². The maximum absolute atomic E-state index is 12.7. The third kappa shape index (κ3) is 4.42. The molecule has 27 heavy (non-hydrogen) atoms. The zero-order valence-electron chi connectivity index (χ0n) is 14.3. The Kier molecular flexibility index (Phi) is 5.72. The van der Waals surface area contributed by atoms with Crippen LogP contribution in [0.25, 0.3) is 16.2 Å². The normalized spacial score (nSPS) is 14.9. The molecule has 2 aromatic carbocycles. The van der Waals surface area contributed by atoms with Crippen LogP contribution in [0.4, 0.5) is 0 Å². The van der Waals surface area contributed by atoms with Crippen LogP contribution < -0.4 is 5.32 Å². The van der Waals surface area contributed by atoms with Gasteiger partial charge in [-0.1, -0.05) is 29.8 Å². The van der Waals surface area contributed by atoms with Gasteiger partial charge in [0.05, 0.1) is 0 Å². The van der Waals surface area contributed by atoms with Crippen LogP contribution in [0.1, 0.15) is 16.8 Å². The number of rotatable bonds is 5. The molecule has 0 spiro atoms. The first-order chi connectivity index (χ1) is 12.8. The topological polar surface area (TPSA) is 86.6 Å². The van der Waals surface area contributed by atoms with E-state index in [1.807, 2.05) is 6.07 Å². The summed E-state index contributed by atoms with van der Waals surface area (Å²) in [6, 6.07) is 11.9. The molecule has 2 atom stereocenters. The van der Waals surface area contributed by atoms with Crippen molar-refractivity contribution >= 4 is 52.4 Å². The van der Waals surface area contributed by atoms with Crippen molar-refractivity contribution in [3.63, 3.8) is 0 Å². The smallest absolute Gasteiger partial charge is 0.241 e. The number of halogens is 1. The van der Waals surface area contributed by atoms with Crippen LogP contribution >= 0.6 is 30.3 Å². The van der Waals surface area contributed by atoms with Gasteiger partial charge in [0.25, 0.3) is 0 Å². The van der Waals surface area contributed by atoms with Crippen LogP contribution in [0.2, 0.25) is 5.02 Å². The summed E-state index contributed by atoms with van der Waals surface area (Å²) in [5, 5.41) is 15.2. The summed E-state index contributed by atoms with van der Waals surface area (Å²) in [6.07, 6.45) is 2.87. The number of thiophene rings is 1. The fourth-order valence-corrected chi connectivity index (χ4v) is 5.25. The zero-order valence-corrected chi connectivity index (χ0v) is 16.8. The Morgan fingerprint density at radius 1 is 1.30 bits per heavy atom. The molecule has 3 aromatic rings. The Morgan fingerprint density at radius 2 is 2.04 bits per heavy atom. The van der Waals surface area contributed by atoms with E-state index in [-0.39, 0.29) is 5.75 Å². The molecule has 0 aliphatic rings. The molecule has 1 heterocycles. The van der Waals surface area contributed by atoms with E-state index in [0.717, 1.165) is 11.4 Å². The Hall–Kier alpha value is -2.11. The average Bonchev–Trinajstić information content (AvgIpc) is 2.98. The molecule has 0 fully saturated rings. The summed E-state index contributed by atoms with van der Waals surface area (Å²) in [5.74, 6) is -0.531. The molecule has 3 rings (SSSR count). The Bertz CT molecular complexity index is 1070. The molecule has 140 valence electrons.